The topological polar surface area (TPSA) is 50.5 Å². The van der Waals surface area contributed by atoms with Crippen molar-refractivity contribution in [3.63, 3.8) is 0 Å². The van der Waals surface area contributed by atoms with Gasteiger partial charge in [-0.1, -0.05) is 19.3 Å². The first kappa shape index (κ1) is 14.4. The molecule has 1 saturated carbocycles. The number of nitrogens with zero attached hydrogens (tertiary/aromatic N) is 1. The van der Waals surface area contributed by atoms with Gasteiger partial charge in [-0.2, -0.15) is 0 Å². The molecule has 3 heterocycles. The minimum Gasteiger partial charge on any atom is -0.371 e. The van der Waals surface area contributed by atoms with Gasteiger partial charge in [-0.3, -0.25) is 0 Å². The minimum atomic E-state index is -0.129. The lowest BCUT2D eigenvalue weighted by atomic mass is 9.70. The molecule has 0 radical (unpaired) electrons. The summed E-state index contributed by atoms with van der Waals surface area (Å²) in [6, 6.07) is 0. The molecule has 2 bridgehead atoms. The number of ether oxygens (including phenoxy) is 1. The zero-order valence-corrected chi connectivity index (χ0v) is 13.2. The molecule has 4 aliphatic rings. The van der Waals surface area contributed by atoms with E-state index in [1.54, 1.807) is 0 Å². The first-order chi connectivity index (χ1) is 10.3. The second kappa shape index (κ2) is 5.80. The Bertz CT molecular complexity index is 371. The lowest BCUT2D eigenvalue weighted by Gasteiger charge is -2.49. The molecule has 4 fully saturated rings. The summed E-state index contributed by atoms with van der Waals surface area (Å²) in [6.45, 7) is 5.71. The Morgan fingerprint density at radius 1 is 1.05 bits per heavy atom. The number of rotatable bonds is 3. The summed E-state index contributed by atoms with van der Waals surface area (Å²) in [5, 5.41) is 3.55. The van der Waals surface area contributed by atoms with Crippen molar-refractivity contribution in [1.29, 1.82) is 0 Å². The largest absolute Gasteiger partial charge is 0.371 e. The van der Waals surface area contributed by atoms with E-state index in [4.69, 9.17) is 10.5 Å². The number of piperidine rings is 2. The van der Waals surface area contributed by atoms with Crippen molar-refractivity contribution in [3.05, 3.63) is 0 Å². The number of nitrogens with two attached hydrogens (primary N) is 1. The average molecular weight is 293 g/mol. The van der Waals surface area contributed by atoms with Crippen molar-refractivity contribution < 1.29 is 4.74 Å². The molecule has 5 atom stereocenters. The van der Waals surface area contributed by atoms with Crippen molar-refractivity contribution in [1.82, 2.24) is 10.2 Å². The van der Waals surface area contributed by atoms with E-state index in [1.807, 2.05) is 0 Å². The first-order valence-corrected chi connectivity index (χ1v) is 9.13. The summed E-state index contributed by atoms with van der Waals surface area (Å²) in [7, 11) is 0. The lowest BCUT2D eigenvalue weighted by molar-refractivity contribution is -0.0980. The summed E-state index contributed by atoms with van der Waals surface area (Å²) in [6.07, 6.45) is 9.86. The van der Waals surface area contributed by atoms with E-state index in [9.17, 15) is 0 Å². The van der Waals surface area contributed by atoms with Crippen LogP contribution in [-0.2, 0) is 4.74 Å². The fraction of sp³-hybridized carbons (Fsp3) is 1.00. The van der Waals surface area contributed by atoms with Crippen LogP contribution in [0.2, 0.25) is 0 Å². The third-order valence-corrected chi connectivity index (χ3v) is 6.59. The van der Waals surface area contributed by atoms with Crippen LogP contribution in [0, 0.1) is 11.8 Å². The SMILES string of the molecule is NC1(C2CCCCC2)CNCCC1OC1CN2CCC1C2. The summed E-state index contributed by atoms with van der Waals surface area (Å²) >= 11 is 0. The van der Waals surface area contributed by atoms with Gasteiger partial charge >= 0.3 is 0 Å². The lowest BCUT2D eigenvalue weighted by Crippen LogP contribution is -2.67. The smallest absolute Gasteiger partial charge is 0.0786 e. The molecule has 21 heavy (non-hydrogen) atoms. The third-order valence-electron chi connectivity index (χ3n) is 6.59. The summed E-state index contributed by atoms with van der Waals surface area (Å²) in [5.41, 5.74) is 6.82. The minimum absolute atomic E-state index is 0.129. The second-order valence-electron chi connectivity index (χ2n) is 7.88. The Hall–Kier alpha value is -0.160. The van der Waals surface area contributed by atoms with Gasteiger partial charge < -0.3 is 20.7 Å². The highest BCUT2D eigenvalue weighted by Gasteiger charge is 2.48. The monoisotopic (exact) mass is 293 g/mol. The zero-order chi connectivity index (χ0) is 14.3. The van der Waals surface area contributed by atoms with E-state index in [1.165, 1.54) is 51.6 Å². The fourth-order valence-corrected chi connectivity index (χ4v) is 5.26. The molecule has 3 aliphatic heterocycles. The summed E-state index contributed by atoms with van der Waals surface area (Å²) in [4.78, 5) is 2.56. The van der Waals surface area contributed by atoms with E-state index in [0.29, 0.717) is 12.0 Å². The number of hydrogen-bond donors (Lipinski definition) is 2. The van der Waals surface area contributed by atoms with Crippen LogP contribution < -0.4 is 11.1 Å². The molecule has 0 aromatic carbocycles. The van der Waals surface area contributed by atoms with E-state index in [0.717, 1.165) is 32.0 Å². The van der Waals surface area contributed by atoms with Crippen LogP contribution in [0.4, 0.5) is 0 Å². The summed E-state index contributed by atoms with van der Waals surface area (Å²) < 4.78 is 6.65. The van der Waals surface area contributed by atoms with Gasteiger partial charge in [0.2, 0.25) is 0 Å². The molecular formula is C17H31N3O. The van der Waals surface area contributed by atoms with Crippen molar-refractivity contribution in [2.75, 3.05) is 32.7 Å². The van der Waals surface area contributed by atoms with Gasteiger partial charge in [0.1, 0.15) is 0 Å². The third kappa shape index (κ3) is 2.65. The first-order valence-electron chi connectivity index (χ1n) is 9.13. The molecule has 1 aliphatic carbocycles. The highest BCUT2D eigenvalue weighted by atomic mass is 16.5. The van der Waals surface area contributed by atoms with Crippen molar-refractivity contribution in [3.8, 4) is 0 Å². The maximum atomic E-state index is 6.95. The fourth-order valence-electron chi connectivity index (χ4n) is 5.26. The molecule has 4 nitrogen and oxygen atoms in total. The van der Waals surface area contributed by atoms with Gasteiger partial charge in [-0.05, 0) is 44.7 Å². The molecule has 0 aromatic heterocycles. The van der Waals surface area contributed by atoms with Crippen LogP contribution in [0.25, 0.3) is 0 Å². The van der Waals surface area contributed by atoms with Crippen LogP contribution in [0.1, 0.15) is 44.9 Å². The Labute approximate surface area is 128 Å². The maximum absolute atomic E-state index is 6.95. The van der Waals surface area contributed by atoms with Gasteiger partial charge in [-0.25, -0.2) is 0 Å². The van der Waals surface area contributed by atoms with E-state index < -0.39 is 0 Å². The predicted molar refractivity (Wildman–Crippen MR) is 84.2 cm³/mol. The Morgan fingerprint density at radius 3 is 2.62 bits per heavy atom. The molecule has 4 rings (SSSR count). The molecule has 4 heteroatoms. The van der Waals surface area contributed by atoms with Crippen molar-refractivity contribution in [2.24, 2.45) is 17.6 Å². The number of hydrogen-bond acceptors (Lipinski definition) is 4. The highest BCUT2D eigenvalue weighted by Crippen LogP contribution is 2.39. The molecule has 5 unspecified atom stereocenters. The van der Waals surface area contributed by atoms with Crippen molar-refractivity contribution in [2.45, 2.75) is 62.7 Å². The zero-order valence-electron chi connectivity index (χ0n) is 13.2. The van der Waals surface area contributed by atoms with Gasteiger partial charge in [0.25, 0.3) is 0 Å². The van der Waals surface area contributed by atoms with Crippen molar-refractivity contribution >= 4 is 0 Å². The number of fused-ring (bicyclic) bond motifs is 2. The van der Waals surface area contributed by atoms with Gasteiger partial charge in [0.15, 0.2) is 0 Å². The molecule has 0 aromatic rings. The van der Waals surface area contributed by atoms with Gasteiger partial charge in [0.05, 0.1) is 17.7 Å². The molecule has 0 spiro atoms. The Kier molecular flexibility index (Phi) is 3.99. The molecule has 0 amide bonds. The van der Waals surface area contributed by atoms with E-state index in [-0.39, 0.29) is 11.6 Å². The maximum Gasteiger partial charge on any atom is 0.0786 e. The van der Waals surface area contributed by atoms with Gasteiger partial charge in [0, 0.05) is 25.6 Å². The quantitative estimate of drug-likeness (QED) is 0.825. The van der Waals surface area contributed by atoms with Crippen LogP contribution in [0.15, 0.2) is 0 Å². The van der Waals surface area contributed by atoms with Crippen LogP contribution >= 0.6 is 0 Å². The standard InChI is InChI=1S/C17H31N3O/c18-17(14-4-2-1-3-5-14)12-19-8-6-16(17)21-15-11-20-9-7-13(15)10-20/h13-16,19H,1-12,18H2. The predicted octanol–water partition coefficient (Wildman–Crippen LogP) is 1.35. The number of nitrogens with one attached hydrogen (secondary N) is 1. The molecule has 120 valence electrons. The second-order valence-corrected chi connectivity index (χ2v) is 7.88. The Balaban J connectivity index is 1.45. The normalized spacial score (nSPS) is 47.9. The Morgan fingerprint density at radius 2 is 1.90 bits per heavy atom. The van der Waals surface area contributed by atoms with Crippen LogP contribution in [0.5, 0.6) is 0 Å². The highest BCUT2D eigenvalue weighted by molar-refractivity contribution is 5.04. The van der Waals surface area contributed by atoms with E-state index >= 15 is 0 Å². The molecular weight excluding hydrogens is 262 g/mol. The molecule has 3 saturated heterocycles. The average Bonchev–Trinajstić information content (AvgIpc) is 3.13. The molecule has 3 N–H and O–H groups in total. The van der Waals surface area contributed by atoms with Crippen LogP contribution in [-0.4, -0.2) is 55.4 Å². The van der Waals surface area contributed by atoms with E-state index in [2.05, 4.69) is 10.2 Å². The summed E-state index contributed by atoms with van der Waals surface area (Å²) in [5.74, 6) is 1.43. The van der Waals surface area contributed by atoms with Crippen LogP contribution in [0.3, 0.4) is 0 Å². The van der Waals surface area contributed by atoms with Gasteiger partial charge in [-0.15, -0.1) is 0 Å².